The van der Waals surface area contributed by atoms with E-state index in [1.165, 1.54) is 12.1 Å². The molecule has 0 unspecified atom stereocenters. The second-order valence-corrected chi connectivity index (χ2v) is 5.52. The van der Waals surface area contributed by atoms with Crippen molar-refractivity contribution in [3.8, 4) is 0 Å². The number of aromatic nitrogens is 1. The molecule has 1 aromatic heterocycles. The monoisotopic (exact) mass is 296 g/mol. The Labute approximate surface area is 124 Å². The minimum Gasteiger partial charge on any atom is -0.355 e. The molecule has 7 heteroatoms. The van der Waals surface area contributed by atoms with Crippen LogP contribution < -0.4 is 5.43 Å². The number of H-pyrrole nitrogens is 1. The summed E-state index contributed by atoms with van der Waals surface area (Å²) in [6, 6.07) is 6.43. The first-order chi connectivity index (χ1) is 10.6. The molecule has 2 aromatic rings. The van der Waals surface area contributed by atoms with E-state index in [1.807, 2.05) is 0 Å². The van der Waals surface area contributed by atoms with E-state index < -0.39 is 4.92 Å². The highest BCUT2D eigenvalue weighted by molar-refractivity contribution is 6.28. The molecule has 0 spiro atoms. The number of carbonyl (C=O) groups excluding carboxylic acids is 1. The summed E-state index contributed by atoms with van der Waals surface area (Å²) < 4.78 is 0. The lowest BCUT2D eigenvalue weighted by atomic mass is 10.1. The van der Waals surface area contributed by atoms with Gasteiger partial charge in [0.25, 0.3) is 11.6 Å². The quantitative estimate of drug-likeness (QED) is 0.516. The number of rotatable bonds is 3. The van der Waals surface area contributed by atoms with Gasteiger partial charge in [0.1, 0.15) is 0 Å². The predicted molar refractivity (Wildman–Crippen MR) is 81.2 cm³/mol. The molecule has 110 valence electrons. The van der Waals surface area contributed by atoms with E-state index in [4.69, 9.17) is 0 Å². The molecule has 4 rings (SSSR count). The Bertz CT molecular complexity index is 874. The van der Waals surface area contributed by atoms with Gasteiger partial charge >= 0.3 is 0 Å². The fraction of sp³-hybridized carbons (Fsp3) is 0.200. The van der Waals surface area contributed by atoms with Gasteiger partial charge in [0.05, 0.1) is 16.2 Å². The molecular weight excluding hydrogens is 284 g/mol. The molecule has 1 amide bonds. The van der Waals surface area contributed by atoms with Crippen molar-refractivity contribution < 1.29 is 9.72 Å². The van der Waals surface area contributed by atoms with Crippen molar-refractivity contribution in [2.75, 3.05) is 0 Å². The predicted octanol–water partition coefficient (Wildman–Crippen LogP) is 2.36. The molecule has 0 radical (unpaired) electrons. The zero-order valence-corrected chi connectivity index (χ0v) is 11.5. The summed E-state index contributed by atoms with van der Waals surface area (Å²) >= 11 is 0. The number of carbonyl (C=O) groups is 1. The van der Waals surface area contributed by atoms with Gasteiger partial charge in [-0.05, 0) is 31.1 Å². The highest BCUT2D eigenvalue weighted by Crippen LogP contribution is 2.35. The van der Waals surface area contributed by atoms with E-state index in [9.17, 15) is 14.9 Å². The molecule has 1 aliphatic heterocycles. The third kappa shape index (κ3) is 2.07. The average Bonchev–Trinajstić information content (AvgIpc) is 3.15. The van der Waals surface area contributed by atoms with Crippen LogP contribution >= 0.6 is 0 Å². The maximum atomic E-state index is 11.9. The summed E-state index contributed by atoms with van der Waals surface area (Å²) in [5, 5.41) is 15.6. The minimum atomic E-state index is -0.424. The number of nitro benzene ring substituents is 1. The van der Waals surface area contributed by atoms with Crippen molar-refractivity contribution in [1.29, 1.82) is 0 Å². The van der Waals surface area contributed by atoms with Crippen LogP contribution in [0, 0.1) is 16.0 Å². The Morgan fingerprint density at radius 2 is 2.14 bits per heavy atom. The van der Waals surface area contributed by atoms with Crippen molar-refractivity contribution in [1.82, 2.24) is 10.4 Å². The first-order valence-corrected chi connectivity index (χ1v) is 6.99. The molecule has 2 N–H and O–H groups in total. The van der Waals surface area contributed by atoms with Gasteiger partial charge in [0.2, 0.25) is 0 Å². The highest BCUT2D eigenvalue weighted by Gasteiger charge is 2.35. The summed E-state index contributed by atoms with van der Waals surface area (Å²) in [7, 11) is 0. The van der Waals surface area contributed by atoms with E-state index in [0.717, 1.165) is 35.2 Å². The Morgan fingerprint density at radius 3 is 2.86 bits per heavy atom. The number of benzene rings is 1. The summed E-state index contributed by atoms with van der Waals surface area (Å²) in [6.45, 7) is 0. The zero-order valence-electron chi connectivity index (χ0n) is 11.5. The third-order valence-electron chi connectivity index (χ3n) is 3.90. The lowest BCUT2D eigenvalue weighted by Gasteiger charge is -1.97. The van der Waals surface area contributed by atoms with Crippen LogP contribution in [0.15, 0.2) is 34.9 Å². The van der Waals surface area contributed by atoms with Crippen molar-refractivity contribution in [3.05, 3.63) is 45.6 Å². The molecule has 22 heavy (non-hydrogen) atoms. The van der Waals surface area contributed by atoms with Crippen LogP contribution in [0.25, 0.3) is 17.0 Å². The van der Waals surface area contributed by atoms with Gasteiger partial charge in [-0.15, -0.1) is 0 Å². The second kappa shape index (κ2) is 4.52. The lowest BCUT2D eigenvalue weighted by Crippen LogP contribution is -2.13. The second-order valence-electron chi connectivity index (χ2n) is 5.52. The van der Waals surface area contributed by atoms with Gasteiger partial charge < -0.3 is 4.98 Å². The Balaban J connectivity index is 1.74. The summed E-state index contributed by atoms with van der Waals surface area (Å²) in [6.07, 6.45) is 3.87. The van der Waals surface area contributed by atoms with Gasteiger partial charge in [-0.25, -0.2) is 5.43 Å². The Kier molecular flexibility index (Phi) is 2.62. The molecule has 2 heterocycles. The van der Waals surface area contributed by atoms with Crippen molar-refractivity contribution in [2.45, 2.75) is 12.8 Å². The Hall–Kier alpha value is -2.96. The van der Waals surface area contributed by atoms with Crippen LogP contribution in [-0.2, 0) is 4.79 Å². The fourth-order valence-corrected chi connectivity index (χ4v) is 2.64. The average molecular weight is 296 g/mol. The Morgan fingerprint density at radius 1 is 1.32 bits per heavy atom. The SMILES string of the molecule is O=C1NN=C(C2CC2)C1=Cc1cc2cc([N+](=O)[O-])ccc2[nH]1. The number of non-ortho nitro benzene ring substituents is 1. The van der Waals surface area contributed by atoms with Gasteiger partial charge in [-0.1, -0.05) is 0 Å². The first kappa shape index (κ1) is 12.8. The van der Waals surface area contributed by atoms with E-state index in [2.05, 4.69) is 15.5 Å². The third-order valence-corrected chi connectivity index (χ3v) is 3.90. The molecule has 2 aliphatic rings. The van der Waals surface area contributed by atoms with Crippen LogP contribution in [0.2, 0.25) is 0 Å². The molecule has 1 aliphatic carbocycles. The van der Waals surface area contributed by atoms with E-state index in [0.29, 0.717) is 11.5 Å². The van der Waals surface area contributed by atoms with Crippen LogP contribution in [-0.4, -0.2) is 21.5 Å². The number of nitrogens with zero attached hydrogens (tertiary/aromatic N) is 2. The van der Waals surface area contributed by atoms with Crippen LogP contribution in [0.3, 0.4) is 0 Å². The number of hydrogen-bond donors (Lipinski definition) is 2. The number of hydrogen-bond acceptors (Lipinski definition) is 4. The number of hydrazone groups is 1. The summed E-state index contributed by atoms with van der Waals surface area (Å²) in [4.78, 5) is 25.4. The van der Waals surface area contributed by atoms with Gasteiger partial charge in [0.15, 0.2) is 0 Å². The molecular formula is C15H12N4O3. The smallest absolute Gasteiger partial charge is 0.273 e. The van der Waals surface area contributed by atoms with Crippen molar-refractivity contribution in [2.24, 2.45) is 11.0 Å². The largest absolute Gasteiger partial charge is 0.355 e. The van der Waals surface area contributed by atoms with Crippen LogP contribution in [0.1, 0.15) is 18.5 Å². The number of nitro groups is 1. The van der Waals surface area contributed by atoms with Gasteiger partial charge in [-0.3, -0.25) is 14.9 Å². The molecule has 1 aromatic carbocycles. The van der Waals surface area contributed by atoms with E-state index >= 15 is 0 Å². The van der Waals surface area contributed by atoms with E-state index in [1.54, 1.807) is 18.2 Å². The van der Waals surface area contributed by atoms with Gasteiger partial charge in [-0.2, -0.15) is 5.10 Å². The van der Waals surface area contributed by atoms with E-state index in [-0.39, 0.29) is 11.6 Å². The minimum absolute atomic E-state index is 0.0459. The zero-order chi connectivity index (χ0) is 15.3. The molecule has 1 fully saturated rings. The lowest BCUT2D eigenvalue weighted by molar-refractivity contribution is -0.384. The topological polar surface area (TPSA) is 100 Å². The van der Waals surface area contributed by atoms with Crippen LogP contribution in [0.5, 0.6) is 0 Å². The van der Waals surface area contributed by atoms with Crippen LogP contribution in [0.4, 0.5) is 5.69 Å². The summed E-state index contributed by atoms with van der Waals surface area (Å²) in [5.41, 5.74) is 5.45. The molecule has 1 saturated carbocycles. The van der Waals surface area contributed by atoms with Gasteiger partial charge in [0, 0.05) is 34.6 Å². The summed E-state index contributed by atoms with van der Waals surface area (Å²) in [5.74, 6) is 0.169. The standard InChI is InChI=1S/C15H12N4O3/c20-15-12(14(17-18-15)8-1-2-8)7-10-5-9-6-11(19(21)22)3-4-13(9)16-10/h3-8,16H,1-2H2,(H,18,20). The highest BCUT2D eigenvalue weighted by atomic mass is 16.6. The number of amides is 1. The number of fused-ring (bicyclic) bond motifs is 1. The normalized spacial score (nSPS) is 19.5. The molecule has 7 nitrogen and oxygen atoms in total. The maximum absolute atomic E-state index is 11.9. The number of nitrogens with one attached hydrogen (secondary N) is 2. The molecule has 0 saturated heterocycles. The fourth-order valence-electron chi connectivity index (χ4n) is 2.64. The van der Waals surface area contributed by atoms with Crippen molar-refractivity contribution >= 4 is 34.3 Å². The first-order valence-electron chi connectivity index (χ1n) is 6.99. The molecule has 0 atom stereocenters. The number of aromatic amines is 1. The maximum Gasteiger partial charge on any atom is 0.273 e. The van der Waals surface area contributed by atoms with Crippen molar-refractivity contribution in [3.63, 3.8) is 0 Å². The molecule has 0 bridgehead atoms.